The molecule has 0 atom stereocenters. The molecular formula is C15H22FN. The van der Waals surface area contributed by atoms with Gasteiger partial charge in [-0.05, 0) is 37.4 Å². The number of hydrogen-bond donors (Lipinski definition) is 1. The molecule has 1 saturated carbocycles. The molecule has 1 aromatic rings. The molecule has 0 spiro atoms. The van der Waals surface area contributed by atoms with E-state index in [-0.39, 0.29) is 11.2 Å². The summed E-state index contributed by atoms with van der Waals surface area (Å²) in [4.78, 5) is 0. The van der Waals surface area contributed by atoms with Gasteiger partial charge in [-0.1, -0.05) is 38.0 Å². The molecule has 1 aromatic carbocycles. The smallest absolute Gasteiger partial charge is 0.127 e. The number of hydrogen-bond acceptors (Lipinski definition) is 1. The van der Waals surface area contributed by atoms with Crippen LogP contribution in [0.15, 0.2) is 24.3 Å². The summed E-state index contributed by atoms with van der Waals surface area (Å²) in [5, 5.41) is 3.48. The Labute approximate surface area is 103 Å². The van der Waals surface area contributed by atoms with E-state index < -0.39 is 0 Å². The Bertz CT molecular complexity index is 356. The maximum atomic E-state index is 14.0. The van der Waals surface area contributed by atoms with Crippen LogP contribution >= 0.6 is 0 Å². The number of nitrogens with one attached hydrogen (secondary N) is 1. The zero-order chi connectivity index (χ0) is 12.1. The van der Waals surface area contributed by atoms with Crippen molar-refractivity contribution in [2.24, 2.45) is 0 Å². The Morgan fingerprint density at radius 2 is 1.94 bits per heavy atom. The van der Waals surface area contributed by atoms with E-state index in [9.17, 15) is 4.39 Å². The van der Waals surface area contributed by atoms with E-state index >= 15 is 0 Å². The van der Waals surface area contributed by atoms with Gasteiger partial charge < -0.3 is 5.32 Å². The maximum absolute atomic E-state index is 14.0. The summed E-state index contributed by atoms with van der Waals surface area (Å²) >= 11 is 0. The maximum Gasteiger partial charge on any atom is 0.127 e. The quantitative estimate of drug-likeness (QED) is 0.768. The lowest BCUT2D eigenvalue weighted by Crippen LogP contribution is -2.37. The highest BCUT2D eigenvalue weighted by molar-refractivity contribution is 5.29. The molecule has 17 heavy (non-hydrogen) atoms. The van der Waals surface area contributed by atoms with Crippen molar-refractivity contribution < 1.29 is 4.39 Å². The van der Waals surface area contributed by atoms with Gasteiger partial charge in [-0.3, -0.25) is 0 Å². The molecule has 0 radical (unpaired) electrons. The van der Waals surface area contributed by atoms with Gasteiger partial charge >= 0.3 is 0 Å². The molecule has 0 aliphatic heterocycles. The molecule has 0 bridgehead atoms. The molecule has 0 heterocycles. The Hall–Kier alpha value is -0.890. The predicted octanol–water partition coefficient (Wildman–Crippen LogP) is 3.64. The van der Waals surface area contributed by atoms with Gasteiger partial charge in [0.25, 0.3) is 0 Å². The minimum absolute atomic E-state index is 0.0345. The van der Waals surface area contributed by atoms with Crippen LogP contribution in [0, 0.1) is 5.82 Å². The topological polar surface area (TPSA) is 12.0 Å². The highest BCUT2D eigenvalue weighted by atomic mass is 19.1. The van der Waals surface area contributed by atoms with Crippen LogP contribution in [-0.4, -0.2) is 13.1 Å². The number of benzene rings is 1. The van der Waals surface area contributed by atoms with Crippen molar-refractivity contribution >= 4 is 0 Å². The molecule has 2 rings (SSSR count). The Morgan fingerprint density at radius 3 is 2.59 bits per heavy atom. The molecule has 2 heteroatoms. The van der Waals surface area contributed by atoms with Crippen LogP contribution in [0.5, 0.6) is 0 Å². The van der Waals surface area contributed by atoms with Gasteiger partial charge in [0.05, 0.1) is 0 Å². The van der Waals surface area contributed by atoms with Crippen LogP contribution in [-0.2, 0) is 5.41 Å². The monoisotopic (exact) mass is 235 g/mol. The van der Waals surface area contributed by atoms with E-state index in [0.29, 0.717) is 0 Å². The van der Waals surface area contributed by atoms with E-state index in [1.165, 1.54) is 12.8 Å². The van der Waals surface area contributed by atoms with Crippen molar-refractivity contribution in [2.75, 3.05) is 13.1 Å². The zero-order valence-electron chi connectivity index (χ0n) is 10.6. The summed E-state index contributed by atoms with van der Waals surface area (Å²) in [6, 6.07) is 7.29. The molecule has 1 fully saturated rings. The molecule has 1 aliphatic carbocycles. The summed E-state index contributed by atoms with van der Waals surface area (Å²) < 4.78 is 14.0. The molecule has 0 aromatic heterocycles. The van der Waals surface area contributed by atoms with Gasteiger partial charge in [-0.25, -0.2) is 4.39 Å². The third kappa shape index (κ3) is 2.68. The Balaban J connectivity index is 2.19. The van der Waals surface area contributed by atoms with E-state index in [4.69, 9.17) is 0 Å². The number of halogens is 1. The first-order valence-corrected chi connectivity index (χ1v) is 6.74. The third-order valence-electron chi connectivity index (χ3n) is 3.90. The fourth-order valence-corrected chi connectivity index (χ4v) is 2.99. The van der Waals surface area contributed by atoms with Crippen molar-refractivity contribution in [1.82, 2.24) is 5.32 Å². The highest BCUT2D eigenvalue weighted by Gasteiger charge is 2.36. The van der Waals surface area contributed by atoms with E-state index in [0.717, 1.165) is 37.9 Å². The molecule has 1 N–H and O–H groups in total. The van der Waals surface area contributed by atoms with E-state index in [2.05, 4.69) is 12.2 Å². The molecule has 0 saturated heterocycles. The second kappa shape index (κ2) is 5.63. The van der Waals surface area contributed by atoms with Crippen molar-refractivity contribution in [1.29, 1.82) is 0 Å². The van der Waals surface area contributed by atoms with Crippen LogP contribution in [0.2, 0.25) is 0 Å². The standard InChI is InChI=1S/C15H22FN/c1-2-11-17-12-15(9-5-6-10-15)13-7-3-4-8-14(13)16/h3-4,7-8,17H,2,5-6,9-12H2,1H3. The number of rotatable bonds is 5. The lowest BCUT2D eigenvalue weighted by molar-refractivity contribution is 0.388. The Morgan fingerprint density at radius 1 is 1.24 bits per heavy atom. The normalized spacial score (nSPS) is 18.5. The molecule has 0 amide bonds. The zero-order valence-corrected chi connectivity index (χ0v) is 10.6. The first kappa shape index (κ1) is 12.6. The molecule has 94 valence electrons. The van der Waals surface area contributed by atoms with Crippen LogP contribution in [0.25, 0.3) is 0 Å². The first-order valence-electron chi connectivity index (χ1n) is 6.74. The van der Waals surface area contributed by atoms with Gasteiger partial charge in [-0.2, -0.15) is 0 Å². The summed E-state index contributed by atoms with van der Waals surface area (Å²) in [6.45, 7) is 4.11. The molecule has 0 unspecified atom stereocenters. The molecule has 1 nitrogen and oxygen atoms in total. The second-order valence-corrected chi connectivity index (χ2v) is 5.14. The van der Waals surface area contributed by atoms with Crippen molar-refractivity contribution in [2.45, 2.75) is 44.4 Å². The van der Waals surface area contributed by atoms with Crippen molar-refractivity contribution in [3.63, 3.8) is 0 Å². The molecular weight excluding hydrogens is 213 g/mol. The minimum Gasteiger partial charge on any atom is -0.316 e. The fourth-order valence-electron chi connectivity index (χ4n) is 2.99. The van der Waals surface area contributed by atoms with Gasteiger partial charge in [-0.15, -0.1) is 0 Å². The highest BCUT2D eigenvalue weighted by Crippen LogP contribution is 2.41. The second-order valence-electron chi connectivity index (χ2n) is 5.14. The lowest BCUT2D eigenvalue weighted by Gasteiger charge is -2.30. The average molecular weight is 235 g/mol. The average Bonchev–Trinajstić information content (AvgIpc) is 2.80. The minimum atomic E-state index is -0.0345. The predicted molar refractivity (Wildman–Crippen MR) is 69.7 cm³/mol. The summed E-state index contributed by atoms with van der Waals surface area (Å²) in [5.74, 6) is -0.0345. The Kier molecular flexibility index (Phi) is 4.16. The SMILES string of the molecule is CCCNCC1(c2ccccc2F)CCCC1. The van der Waals surface area contributed by atoms with Crippen molar-refractivity contribution in [3.05, 3.63) is 35.6 Å². The fraction of sp³-hybridized carbons (Fsp3) is 0.600. The van der Waals surface area contributed by atoms with Crippen LogP contribution in [0.3, 0.4) is 0 Å². The van der Waals surface area contributed by atoms with Crippen LogP contribution < -0.4 is 5.32 Å². The van der Waals surface area contributed by atoms with Gasteiger partial charge in [0.1, 0.15) is 5.82 Å². The van der Waals surface area contributed by atoms with Crippen LogP contribution in [0.1, 0.15) is 44.6 Å². The lowest BCUT2D eigenvalue weighted by atomic mass is 9.78. The van der Waals surface area contributed by atoms with E-state index in [1.54, 1.807) is 12.1 Å². The first-order chi connectivity index (χ1) is 8.28. The molecule has 1 aliphatic rings. The van der Waals surface area contributed by atoms with E-state index in [1.807, 2.05) is 12.1 Å². The van der Waals surface area contributed by atoms with Gasteiger partial charge in [0, 0.05) is 12.0 Å². The summed E-state index contributed by atoms with van der Waals surface area (Å²) in [7, 11) is 0. The van der Waals surface area contributed by atoms with Crippen LogP contribution in [0.4, 0.5) is 4.39 Å². The summed E-state index contributed by atoms with van der Waals surface area (Å²) in [6.07, 6.45) is 5.81. The third-order valence-corrected chi connectivity index (χ3v) is 3.90. The van der Waals surface area contributed by atoms with Gasteiger partial charge in [0.15, 0.2) is 0 Å². The van der Waals surface area contributed by atoms with Crippen molar-refractivity contribution in [3.8, 4) is 0 Å². The van der Waals surface area contributed by atoms with Gasteiger partial charge in [0.2, 0.25) is 0 Å². The summed E-state index contributed by atoms with van der Waals surface area (Å²) in [5.41, 5.74) is 0.960. The largest absolute Gasteiger partial charge is 0.316 e.